The number of hydrogen-bond donors (Lipinski definition) is 8. The molecule has 29 heavy (non-hydrogen) atoms. The summed E-state index contributed by atoms with van der Waals surface area (Å²) < 4.78 is 0. The van der Waals surface area contributed by atoms with Crippen LogP contribution in [0.1, 0.15) is 39.0 Å². The van der Waals surface area contributed by atoms with E-state index in [-0.39, 0.29) is 11.9 Å². The van der Waals surface area contributed by atoms with Gasteiger partial charge in [-0.2, -0.15) is 0 Å². The van der Waals surface area contributed by atoms with Gasteiger partial charge in [0.05, 0.1) is 6.61 Å². The van der Waals surface area contributed by atoms with Gasteiger partial charge >= 0.3 is 0 Å². The van der Waals surface area contributed by atoms with Gasteiger partial charge in [-0.05, 0) is 39.2 Å². The molecule has 0 unspecified atom stereocenters. The van der Waals surface area contributed by atoms with Crippen LogP contribution in [0.15, 0.2) is 4.99 Å². The Kier molecular flexibility index (Phi) is 14.2. The summed E-state index contributed by atoms with van der Waals surface area (Å²) in [5.41, 5.74) is 21.4. The first-order chi connectivity index (χ1) is 13.7. The Hall–Kier alpha value is -2.44. The number of aliphatic hydroxyl groups is 1. The number of aliphatic hydroxyl groups excluding tert-OH is 1. The minimum atomic E-state index is -1.13. The number of nitrogens with one attached hydrogen (secondary N) is 3. The second kappa shape index (κ2) is 15.5. The van der Waals surface area contributed by atoms with Crippen molar-refractivity contribution >= 4 is 23.7 Å². The molecular formula is C17H36N8O4. The number of amides is 3. The van der Waals surface area contributed by atoms with Crippen molar-refractivity contribution in [3.63, 3.8) is 0 Å². The van der Waals surface area contributed by atoms with Gasteiger partial charge in [-0.25, -0.2) is 0 Å². The molecule has 0 saturated heterocycles. The Balaban J connectivity index is 4.76. The van der Waals surface area contributed by atoms with Crippen molar-refractivity contribution in [2.45, 2.75) is 57.2 Å². The SMILES string of the molecule is C[C@H](NC(=O)[C@H](N)CO)C(=O)N[C@@H](CCCN=C(N)N)C(=O)NCCCCCN. The highest BCUT2D eigenvalue weighted by molar-refractivity contribution is 5.92. The van der Waals surface area contributed by atoms with Gasteiger partial charge in [0.25, 0.3) is 0 Å². The average molecular weight is 417 g/mol. The van der Waals surface area contributed by atoms with E-state index < -0.39 is 36.5 Å². The summed E-state index contributed by atoms with van der Waals surface area (Å²) >= 11 is 0. The largest absolute Gasteiger partial charge is 0.394 e. The molecule has 12 N–H and O–H groups in total. The lowest BCUT2D eigenvalue weighted by atomic mass is 10.1. The monoisotopic (exact) mass is 416 g/mol. The molecule has 0 radical (unpaired) electrons. The van der Waals surface area contributed by atoms with E-state index in [1.165, 1.54) is 6.92 Å². The Morgan fingerprint density at radius 3 is 2.28 bits per heavy atom. The zero-order valence-electron chi connectivity index (χ0n) is 17.0. The molecule has 0 aromatic heterocycles. The maximum atomic E-state index is 12.5. The van der Waals surface area contributed by atoms with Crippen molar-refractivity contribution in [3.8, 4) is 0 Å². The minimum absolute atomic E-state index is 0.0495. The van der Waals surface area contributed by atoms with Crippen LogP contribution < -0.4 is 38.9 Å². The fraction of sp³-hybridized carbons (Fsp3) is 0.765. The summed E-state index contributed by atoms with van der Waals surface area (Å²) in [6.45, 7) is 2.30. The van der Waals surface area contributed by atoms with Gasteiger partial charge in [-0.1, -0.05) is 6.42 Å². The normalized spacial score (nSPS) is 13.7. The van der Waals surface area contributed by atoms with E-state index >= 15 is 0 Å². The number of unbranched alkanes of at least 4 members (excludes halogenated alkanes) is 2. The summed E-state index contributed by atoms with van der Waals surface area (Å²) in [5, 5.41) is 16.7. The lowest BCUT2D eigenvalue weighted by Crippen LogP contribution is -2.55. The van der Waals surface area contributed by atoms with Crippen LogP contribution in [0.4, 0.5) is 0 Å². The summed E-state index contributed by atoms with van der Waals surface area (Å²) in [6.07, 6.45) is 3.34. The van der Waals surface area contributed by atoms with E-state index in [0.717, 1.165) is 19.3 Å². The maximum absolute atomic E-state index is 12.5. The Labute approximate surface area is 171 Å². The van der Waals surface area contributed by atoms with E-state index in [0.29, 0.717) is 32.5 Å². The fourth-order valence-corrected chi connectivity index (χ4v) is 2.32. The van der Waals surface area contributed by atoms with Crippen molar-refractivity contribution in [2.75, 3.05) is 26.2 Å². The zero-order valence-corrected chi connectivity index (χ0v) is 17.0. The molecule has 0 aliphatic heterocycles. The molecule has 0 aliphatic rings. The molecule has 0 aliphatic carbocycles. The molecule has 12 heteroatoms. The molecule has 0 heterocycles. The summed E-state index contributed by atoms with van der Waals surface area (Å²) in [6, 6.07) is -2.87. The quantitative estimate of drug-likeness (QED) is 0.0760. The van der Waals surface area contributed by atoms with Crippen molar-refractivity contribution in [1.82, 2.24) is 16.0 Å². The van der Waals surface area contributed by atoms with Crippen molar-refractivity contribution < 1.29 is 19.5 Å². The van der Waals surface area contributed by atoms with E-state index in [2.05, 4.69) is 20.9 Å². The smallest absolute Gasteiger partial charge is 0.242 e. The van der Waals surface area contributed by atoms with Gasteiger partial charge in [-0.3, -0.25) is 19.4 Å². The predicted octanol–water partition coefficient (Wildman–Crippen LogP) is -3.41. The van der Waals surface area contributed by atoms with Crippen LogP contribution in [0.5, 0.6) is 0 Å². The third kappa shape index (κ3) is 12.6. The Bertz CT molecular complexity index is 540. The van der Waals surface area contributed by atoms with E-state index in [1.54, 1.807) is 0 Å². The number of aliphatic imine (C=N–C) groups is 1. The van der Waals surface area contributed by atoms with Gasteiger partial charge < -0.3 is 44.0 Å². The summed E-state index contributed by atoms with van der Waals surface area (Å²) in [5.74, 6) is -1.59. The van der Waals surface area contributed by atoms with Gasteiger partial charge in [0.2, 0.25) is 17.7 Å². The molecule has 0 aromatic rings. The van der Waals surface area contributed by atoms with Gasteiger partial charge in [0, 0.05) is 13.1 Å². The van der Waals surface area contributed by atoms with Crippen LogP contribution >= 0.6 is 0 Å². The number of rotatable bonds is 15. The second-order valence-corrected chi connectivity index (χ2v) is 6.67. The highest BCUT2D eigenvalue weighted by atomic mass is 16.3. The Morgan fingerprint density at radius 1 is 1.00 bits per heavy atom. The number of carbonyl (C=O) groups is 3. The van der Waals surface area contributed by atoms with Crippen LogP contribution in [0.25, 0.3) is 0 Å². The first kappa shape index (κ1) is 26.6. The van der Waals surface area contributed by atoms with Crippen molar-refractivity contribution in [2.24, 2.45) is 27.9 Å². The highest BCUT2D eigenvalue weighted by Gasteiger charge is 2.25. The molecule has 0 rings (SSSR count). The van der Waals surface area contributed by atoms with Crippen LogP contribution in [0, 0.1) is 0 Å². The average Bonchev–Trinajstić information content (AvgIpc) is 2.68. The predicted molar refractivity (Wildman–Crippen MR) is 110 cm³/mol. The van der Waals surface area contributed by atoms with E-state index in [4.69, 9.17) is 28.0 Å². The molecule has 12 nitrogen and oxygen atoms in total. The third-order valence-corrected chi connectivity index (χ3v) is 4.04. The number of nitrogens with zero attached hydrogens (tertiary/aromatic N) is 1. The highest BCUT2D eigenvalue weighted by Crippen LogP contribution is 2.01. The maximum Gasteiger partial charge on any atom is 0.242 e. The minimum Gasteiger partial charge on any atom is -0.394 e. The van der Waals surface area contributed by atoms with Crippen molar-refractivity contribution in [1.29, 1.82) is 0 Å². The molecule has 0 saturated carbocycles. The van der Waals surface area contributed by atoms with E-state index in [9.17, 15) is 14.4 Å². The van der Waals surface area contributed by atoms with Crippen LogP contribution in [-0.4, -0.2) is 73.2 Å². The molecule has 0 bridgehead atoms. The summed E-state index contributed by atoms with van der Waals surface area (Å²) in [4.78, 5) is 40.4. The summed E-state index contributed by atoms with van der Waals surface area (Å²) in [7, 11) is 0. The molecule has 3 atom stereocenters. The molecule has 0 aromatic carbocycles. The standard InChI is InChI=1S/C17H36N8O4/c1-11(24-15(28)12(19)10-26)14(27)25-13(6-5-9-23-17(20)21)16(29)22-8-4-2-3-7-18/h11-13,26H,2-10,18-19H2,1H3,(H,22,29)(H,24,28)(H,25,27)(H4,20,21,23)/t11-,12+,13-/m0/s1. The first-order valence-electron chi connectivity index (χ1n) is 9.73. The molecule has 0 fully saturated rings. The number of carbonyl (C=O) groups excluding carboxylic acids is 3. The first-order valence-corrected chi connectivity index (χ1v) is 9.73. The second-order valence-electron chi connectivity index (χ2n) is 6.67. The van der Waals surface area contributed by atoms with Gasteiger partial charge in [-0.15, -0.1) is 0 Å². The van der Waals surface area contributed by atoms with E-state index in [1.807, 2.05) is 0 Å². The fourth-order valence-electron chi connectivity index (χ4n) is 2.32. The van der Waals surface area contributed by atoms with Gasteiger partial charge in [0.1, 0.15) is 18.1 Å². The number of nitrogens with two attached hydrogens (primary N) is 4. The van der Waals surface area contributed by atoms with Crippen LogP contribution in [0.3, 0.4) is 0 Å². The van der Waals surface area contributed by atoms with Crippen LogP contribution in [-0.2, 0) is 14.4 Å². The van der Waals surface area contributed by atoms with Crippen LogP contribution in [0.2, 0.25) is 0 Å². The molecule has 3 amide bonds. The third-order valence-electron chi connectivity index (χ3n) is 4.04. The molecule has 0 spiro atoms. The number of hydrogen-bond acceptors (Lipinski definition) is 7. The lowest BCUT2D eigenvalue weighted by Gasteiger charge is -2.22. The molecule has 168 valence electrons. The Morgan fingerprint density at radius 2 is 1.69 bits per heavy atom. The number of guanidine groups is 1. The van der Waals surface area contributed by atoms with Crippen molar-refractivity contribution in [3.05, 3.63) is 0 Å². The van der Waals surface area contributed by atoms with Gasteiger partial charge in [0.15, 0.2) is 5.96 Å². The molecular weight excluding hydrogens is 380 g/mol. The lowest BCUT2D eigenvalue weighted by molar-refractivity contribution is -0.132. The topological polar surface area (TPSA) is 224 Å². The zero-order chi connectivity index (χ0) is 22.2.